The number of hydrogen-bond donors (Lipinski definition) is 0. The van der Waals surface area contributed by atoms with Gasteiger partial charge in [0.1, 0.15) is 23.5 Å². The average Bonchev–Trinajstić information content (AvgIpc) is 3.47. The van der Waals surface area contributed by atoms with Crippen molar-refractivity contribution in [1.82, 2.24) is 0 Å². The van der Waals surface area contributed by atoms with Gasteiger partial charge in [0.05, 0.1) is 10.6 Å². The number of benzene rings is 2. The normalized spacial score (nSPS) is 17.7. The van der Waals surface area contributed by atoms with Gasteiger partial charge < -0.3 is 4.74 Å². The maximum absolute atomic E-state index is 13.4. The number of carbonyl (C=O) groups excluding carboxylic acids is 3. The highest BCUT2D eigenvalue weighted by molar-refractivity contribution is 7.12. The molecule has 1 saturated heterocycles. The van der Waals surface area contributed by atoms with Gasteiger partial charge in [-0.1, -0.05) is 42.5 Å². The van der Waals surface area contributed by atoms with Crippen molar-refractivity contribution in [3.63, 3.8) is 0 Å². The second-order valence-corrected chi connectivity index (χ2v) is 8.96. The zero-order valence-electron chi connectivity index (χ0n) is 18.3. The SMILES string of the molecule is Cc1cccc(N2C(=O)C(=O)C(C(=O)c3cccs3)C2c2cccc(Oc3ccccc3)c2)[nH+]1. The highest BCUT2D eigenvalue weighted by Gasteiger charge is 2.58. The van der Waals surface area contributed by atoms with Crippen LogP contribution in [0.15, 0.2) is 90.3 Å². The molecule has 1 aliphatic rings. The molecule has 4 aromatic rings. The lowest BCUT2D eigenvalue weighted by molar-refractivity contribution is -0.373. The molecule has 7 heteroatoms. The van der Waals surface area contributed by atoms with E-state index in [0.29, 0.717) is 27.8 Å². The molecule has 1 aliphatic heterocycles. The third-order valence-corrected chi connectivity index (χ3v) is 6.60. The van der Waals surface area contributed by atoms with Crippen molar-refractivity contribution in [2.45, 2.75) is 13.0 Å². The van der Waals surface area contributed by atoms with Crippen molar-refractivity contribution in [2.24, 2.45) is 5.92 Å². The van der Waals surface area contributed by atoms with E-state index in [1.54, 1.807) is 47.8 Å². The van der Waals surface area contributed by atoms with Crippen LogP contribution in [0.25, 0.3) is 0 Å². The minimum absolute atomic E-state index is 0.358. The first-order chi connectivity index (χ1) is 16.5. The fourth-order valence-corrected chi connectivity index (χ4v) is 4.91. The fraction of sp³-hybridized carbons (Fsp3) is 0.111. The van der Waals surface area contributed by atoms with E-state index in [0.717, 1.165) is 5.69 Å². The predicted octanol–water partition coefficient (Wildman–Crippen LogP) is 4.82. The number of nitrogens with one attached hydrogen (secondary N) is 1. The van der Waals surface area contributed by atoms with E-state index in [9.17, 15) is 14.4 Å². The number of ether oxygens (including phenoxy) is 1. The van der Waals surface area contributed by atoms with Crippen LogP contribution < -0.4 is 14.6 Å². The number of aromatic nitrogens is 1. The highest BCUT2D eigenvalue weighted by atomic mass is 32.1. The molecule has 0 bridgehead atoms. The number of rotatable bonds is 6. The lowest BCUT2D eigenvalue weighted by Crippen LogP contribution is -2.35. The van der Waals surface area contributed by atoms with E-state index < -0.39 is 23.7 Å². The summed E-state index contributed by atoms with van der Waals surface area (Å²) in [6, 6.07) is 24.5. The Morgan fingerprint density at radius 3 is 2.41 bits per heavy atom. The minimum Gasteiger partial charge on any atom is -0.457 e. The second-order valence-electron chi connectivity index (χ2n) is 8.01. The van der Waals surface area contributed by atoms with Crippen LogP contribution in [-0.2, 0) is 9.59 Å². The predicted molar refractivity (Wildman–Crippen MR) is 128 cm³/mol. The number of carbonyl (C=O) groups is 3. The smallest absolute Gasteiger partial charge is 0.378 e. The molecular formula is C27H21N2O4S+. The summed E-state index contributed by atoms with van der Waals surface area (Å²) in [6.45, 7) is 1.86. The summed E-state index contributed by atoms with van der Waals surface area (Å²) in [5.74, 6) is -1.28. The summed E-state index contributed by atoms with van der Waals surface area (Å²) in [6.07, 6.45) is 0. The monoisotopic (exact) mass is 469 g/mol. The Balaban J connectivity index is 1.61. The van der Waals surface area contributed by atoms with Crippen molar-refractivity contribution in [3.8, 4) is 11.5 Å². The van der Waals surface area contributed by atoms with Crippen molar-refractivity contribution < 1.29 is 24.1 Å². The van der Waals surface area contributed by atoms with Gasteiger partial charge in [0.15, 0.2) is 5.78 Å². The summed E-state index contributed by atoms with van der Waals surface area (Å²) in [5.41, 5.74) is 1.46. The first kappa shape index (κ1) is 21.7. The van der Waals surface area contributed by atoms with Crippen LogP contribution in [0.2, 0.25) is 0 Å². The van der Waals surface area contributed by atoms with Crippen LogP contribution in [0.3, 0.4) is 0 Å². The Morgan fingerprint density at radius 2 is 1.68 bits per heavy atom. The molecule has 34 heavy (non-hydrogen) atoms. The number of anilines is 1. The number of hydrogen-bond acceptors (Lipinski definition) is 5. The minimum atomic E-state index is -1.16. The van der Waals surface area contributed by atoms with Crippen molar-refractivity contribution >= 4 is 34.6 Å². The molecule has 0 aliphatic carbocycles. The Morgan fingerprint density at radius 1 is 0.912 bits per heavy atom. The Kier molecular flexibility index (Phi) is 5.77. The molecule has 168 valence electrons. The lowest BCUT2D eigenvalue weighted by atomic mass is 9.88. The topological polar surface area (TPSA) is 77.8 Å². The standard InChI is InChI=1S/C27H20N2O4S/c1-17-8-5-14-22(28-17)29-24(23(26(31)27(29)32)25(30)21-13-7-15-34-21)18-9-6-12-20(16-18)33-19-10-3-2-4-11-19/h2-16,23-24H,1H3/p+1. The van der Waals surface area contributed by atoms with Gasteiger partial charge in [-0.15, -0.1) is 11.3 Å². The molecule has 2 atom stereocenters. The van der Waals surface area contributed by atoms with Crippen molar-refractivity contribution in [3.05, 3.63) is 106 Å². The molecular weight excluding hydrogens is 448 g/mol. The zero-order valence-corrected chi connectivity index (χ0v) is 19.1. The third-order valence-electron chi connectivity index (χ3n) is 5.72. The molecule has 1 amide bonds. The third kappa shape index (κ3) is 4.02. The summed E-state index contributed by atoms with van der Waals surface area (Å²) in [4.78, 5) is 44.9. The summed E-state index contributed by atoms with van der Waals surface area (Å²) in [5, 5.41) is 1.78. The Bertz CT molecular complexity index is 1370. The van der Waals surface area contributed by atoms with Gasteiger partial charge in [-0.2, -0.15) is 4.90 Å². The summed E-state index contributed by atoms with van der Waals surface area (Å²) < 4.78 is 5.98. The summed E-state index contributed by atoms with van der Waals surface area (Å²) in [7, 11) is 0. The Hall–Kier alpha value is -4.10. The van der Waals surface area contributed by atoms with E-state index >= 15 is 0 Å². The molecule has 2 aromatic carbocycles. The molecule has 2 unspecified atom stereocenters. The second kappa shape index (κ2) is 9.03. The molecule has 0 radical (unpaired) electrons. The van der Waals surface area contributed by atoms with E-state index in [-0.39, 0.29) is 5.78 Å². The van der Waals surface area contributed by atoms with E-state index in [1.165, 1.54) is 16.2 Å². The van der Waals surface area contributed by atoms with Crippen molar-refractivity contribution in [2.75, 3.05) is 4.90 Å². The molecule has 0 saturated carbocycles. The van der Waals surface area contributed by atoms with E-state index in [2.05, 4.69) is 4.98 Å². The van der Waals surface area contributed by atoms with Crippen LogP contribution in [0, 0.1) is 12.8 Å². The number of thiophene rings is 1. The van der Waals surface area contributed by atoms with Crippen LogP contribution in [-0.4, -0.2) is 17.5 Å². The number of aryl methyl sites for hydroxylation is 1. The molecule has 2 aromatic heterocycles. The number of H-pyrrole nitrogens is 1. The fourth-order valence-electron chi connectivity index (χ4n) is 4.20. The van der Waals surface area contributed by atoms with Gasteiger partial charge in [-0.3, -0.25) is 9.59 Å². The van der Waals surface area contributed by atoms with Gasteiger partial charge in [0.25, 0.3) is 11.6 Å². The van der Waals surface area contributed by atoms with Gasteiger partial charge in [0.2, 0.25) is 0 Å². The average molecular weight is 470 g/mol. The van der Waals surface area contributed by atoms with Gasteiger partial charge in [0, 0.05) is 11.6 Å². The first-order valence-electron chi connectivity index (χ1n) is 10.8. The van der Waals surface area contributed by atoms with Crippen molar-refractivity contribution in [1.29, 1.82) is 0 Å². The van der Waals surface area contributed by atoms with Gasteiger partial charge in [-0.05, 0) is 48.7 Å². The highest BCUT2D eigenvalue weighted by Crippen LogP contribution is 2.41. The van der Waals surface area contributed by atoms with Crippen LogP contribution >= 0.6 is 11.3 Å². The quantitative estimate of drug-likeness (QED) is 0.230. The number of ketones is 2. The van der Waals surface area contributed by atoms with Gasteiger partial charge >= 0.3 is 5.91 Å². The first-order valence-corrected chi connectivity index (χ1v) is 11.7. The molecule has 3 heterocycles. The largest absolute Gasteiger partial charge is 0.457 e. The number of amides is 1. The molecule has 6 nitrogen and oxygen atoms in total. The van der Waals surface area contributed by atoms with E-state index in [4.69, 9.17) is 4.74 Å². The maximum Gasteiger partial charge on any atom is 0.378 e. The van der Waals surface area contributed by atoms with Crippen LogP contribution in [0.4, 0.5) is 5.82 Å². The number of nitrogens with zero attached hydrogens (tertiary/aromatic N) is 1. The molecule has 1 N–H and O–H groups in total. The number of Topliss-reactive ketones (excluding diaryl/α,β-unsaturated/α-hetero) is 2. The molecule has 1 fully saturated rings. The van der Waals surface area contributed by atoms with Gasteiger partial charge in [-0.25, -0.2) is 9.78 Å². The Labute approximate surface area is 200 Å². The number of aromatic amines is 1. The molecule has 5 rings (SSSR count). The van der Waals surface area contributed by atoms with Crippen LogP contribution in [0.1, 0.15) is 27.0 Å². The molecule has 0 spiro atoms. The lowest BCUT2D eigenvalue weighted by Gasteiger charge is -2.21. The maximum atomic E-state index is 13.4. The summed E-state index contributed by atoms with van der Waals surface area (Å²) >= 11 is 1.26. The number of para-hydroxylation sites is 1. The zero-order chi connectivity index (χ0) is 23.7. The number of pyridine rings is 1. The van der Waals surface area contributed by atoms with E-state index in [1.807, 2.05) is 49.4 Å². The van der Waals surface area contributed by atoms with Crippen LogP contribution in [0.5, 0.6) is 11.5 Å².